The third kappa shape index (κ3) is 4.32. The van der Waals surface area contributed by atoms with Gasteiger partial charge in [-0.2, -0.15) is 0 Å². The Morgan fingerprint density at radius 3 is 2.54 bits per heavy atom. The second-order valence-corrected chi connectivity index (χ2v) is 9.09. The summed E-state index contributed by atoms with van der Waals surface area (Å²) in [6, 6.07) is 12.9. The van der Waals surface area contributed by atoms with Crippen LogP contribution in [0.5, 0.6) is 5.75 Å². The average Bonchev–Trinajstić information content (AvgIpc) is 2.90. The number of amides is 1. The van der Waals surface area contributed by atoms with Crippen LogP contribution in [-0.4, -0.2) is 58.7 Å². The van der Waals surface area contributed by atoms with E-state index in [0.717, 1.165) is 17.8 Å². The van der Waals surface area contributed by atoms with Crippen molar-refractivity contribution in [3.63, 3.8) is 0 Å². The van der Waals surface area contributed by atoms with Crippen LogP contribution in [0.1, 0.15) is 39.8 Å². The third-order valence-electron chi connectivity index (χ3n) is 6.99. The van der Waals surface area contributed by atoms with Crippen molar-refractivity contribution in [2.24, 2.45) is 0 Å². The van der Waals surface area contributed by atoms with E-state index in [0.29, 0.717) is 26.2 Å². The van der Waals surface area contributed by atoms with Gasteiger partial charge in [-0.1, -0.05) is 24.3 Å². The molecule has 0 aliphatic carbocycles. The molecule has 1 atom stereocenters. The third-order valence-corrected chi connectivity index (χ3v) is 6.99. The number of anilines is 1. The summed E-state index contributed by atoms with van der Waals surface area (Å²) in [4.78, 5) is 43.1. The highest BCUT2D eigenvalue weighted by Gasteiger charge is 2.42. The molecule has 5 rings (SSSR count). The first kappa shape index (κ1) is 24.5. The van der Waals surface area contributed by atoms with E-state index in [2.05, 4.69) is 4.90 Å². The van der Waals surface area contributed by atoms with Gasteiger partial charge < -0.3 is 14.9 Å². The van der Waals surface area contributed by atoms with Crippen LogP contribution in [0.4, 0.5) is 14.5 Å². The zero-order valence-electron chi connectivity index (χ0n) is 20.2. The monoisotopic (exact) mass is 508 g/mol. The molecule has 3 aromatic rings. The zero-order chi connectivity index (χ0) is 26.3. The molecule has 37 heavy (non-hydrogen) atoms. The van der Waals surface area contributed by atoms with E-state index < -0.39 is 40.7 Å². The SMILES string of the molecule is CCN1C(=O)c2c(O)c(=O)c(C(=O)CCc3ccc(F)cc3F)cn2N2CCN(c3ccccc3)C[C@@H]12. The highest BCUT2D eigenvalue weighted by atomic mass is 19.1. The Balaban J connectivity index is 1.47. The molecule has 2 aliphatic rings. The van der Waals surface area contributed by atoms with Gasteiger partial charge in [0.1, 0.15) is 17.8 Å². The molecule has 0 unspecified atom stereocenters. The van der Waals surface area contributed by atoms with Crippen LogP contribution in [0.2, 0.25) is 0 Å². The minimum absolute atomic E-state index is 0.0478. The van der Waals surface area contributed by atoms with E-state index >= 15 is 0 Å². The molecular weight excluding hydrogens is 482 g/mol. The van der Waals surface area contributed by atoms with Crippen LogP contribution >= 0.6 is 0 Å². The number of hydrogen-bond acceptors (Lipinski definition) is 6. The van der Waals surface area contributed by atoms with Gasteiger partial charge in [0.2, 0.25) is 5.43 Å². The molecule has 1 N–H and O–H groups in total. The Hall–Kier alpha value is -4.21. The molecule has 0 saturated carbocycles. The molecule has 10 heteroatoms. The number of aromatic hydroxyl groups is 1. The highest BCUT2D eigenvalue weighted by molar-refractivity contribution is 6.00. The fourth-order valence-electron chi connectivity index (χ4n) is 5.06. The molecule has 1 aromatic heterocycles. The van der Waals surface area contributed by atoms with E-state index in [1.54, 1.807) is 4.90 Å². The van der Waals surface area contributed by atoms with Gasteiger partial charge in [-0.05, 0) is 37.1 Å². The standard InChI is InChI=1S/C27H26F2N4O4/c1-2-31-23-16-30(19-6-4-3-5-7-19)12-13-32(23)33-15-20(25(35)26(36)24(33)27(31)37)22(34)11-9-17-8-10-18(28)14-21(17)29/h3-8,10,14-15,23,36H,2,9,11-13,16H2,1H3/t23-/m0/s1. The normalized spacial score (nSPS) is 17.0. The number of aromatic nitrogens is 1. The summed E-state index contributed by atoms with van der Waals surface area (Å²) in [7, 11) is 0. The number of carbonyl (C=O) groups is 2. The number of ketones is 1. The largest absolute Gasteiger partial charge is 0.502 e. The smallest absolute Gasteiger partial charge is 0.278 e. The van der Waals surface area contributed by atoms with E-state index in [1.165, 1.54) is 16.9 Å². The molecule has 1 saturated heterocycles. The van der Waals surface area contributed by atoms with E-state index in [-0.39, 0.29) is 29.7 Å². The molecule has 2 aromatic carbocycles. The maximum atomic E-state index is 14.0. The zero-order valence-corrected chi connectivity index (χ0v) is 20.2. The maximum absolute atomic E-state index is 14.0. The van der Waals surface area contributed by atoms with E-state index in [4.69, 9.17) is 0 Å². The van der Waals surface area contributed by atoms with Crippen molar-refractivity contribution in [1.82, 2.24) is 9.58 Å². The van der Waals surface area contributed by atoms with Gasteiger partial charge in [0.25, 0.3) is 5.91 Å². The van der Waals surface area contributed by atoms with Crippen LogP contribution < -0.4 is 15.3 Å². The number of nitrogens with zero attached hydrogens (tertiary/aromatic N) is 4. The summed E-state index contributed by atoms with van der Waals surface area (Å²) in [6.45, 7) is 3.76. The van der Waals surface area contributed by atoms with Crippen molar-refractivity contribution >= 4 is 17.4 Å². The van der Waals surface area contributed by atoms with Gasteiger partial charge in [-0.25, -0.2) is 8.78 Å². The van der Waals surface area contributed by atoms with Crippen molar-refractivity contribution in [1.29, 1.82) is 0 Å². The molecule has 0 radical (unpaired) electrons. The first-order valence-electron chi connectivity index (χ1n) is 12.1. The fraction of sp³-hybridized carbons (Fsp3) is 0.296. The minimum Gasteiger partial charge on any atom is -0.502 e. The number of benzene rings is 2. The summed E-state index contributed by atoms with van der Waals surface area (Å²) >= 11 is 0. The Bertz CT molecular complexity index is 1430. The second kappa shape index (κ2) is 9.68. The summed E-state index contributed by atoms with van der Waals surface area (Å²) in [5.74, 6) is -3.39. The Labute approximate surface area is 211 Å². The van der Waals surface area contributed by atoms with Gasteiger partial charge in [0, 0.05) is 37.5 Å². The lowest BCUT2D eigenvalue weighted by Gasteiger charge is -2.51. The van der Waals surface area contributed by atoms with Gasteiger partial charge >= 0.3 is 0 Å². The minimum atomic E-state index is -0.943. The van der Waals surface area contributed by atoms with Crippen LogP contribution in [-0.2, 0) is 6.42 Å². The van der Waals surface area contributed by atoms with Gasteiger partial charge in [-0.15, -0.1) is 0 Å². The molecule has 0 spiro atoms. The Morgan fingerprint density at radius 1 is 1.08 bits per heavy atom. The number of hydrogen-bond donors (Lipinski definition) is 1. The van der Waals surface area contributed by atoms with Gasteiger partial charge in [0.05, 0.1) is 18.7 Å². The lowest BCUT2D eigenvalue weighted by atomic mass is 10.0. The van der Waals surface area contributed by atoms with Crippen molar-refractivity contribution in [2.45, 2.75) is 25.9 Å². The van der Waals surface area contributed by atoms with Crippen LogP contribution in [0, 0.1) is 11.6 Å². The number of rotatable bonds is 6. The predicted octanol–water partition coefficient (Wildman–Crippen LogP) is 2.91. The quantitative estimate of drug-likeness (QED) is 0.516. The first-order chi connectivity index (χ1) is 17.8. The number of para-hydroxylation sites is 1. The van der Waals surface area contributed by atoms with Gasteiger partial charge in [0.15, 0.2) is 17.2 Å². The number of aryl methyl sites for hydroxylation is 1. The first-order valence-corrected chi connectivity index (χ1v) is 12.1. The summed E-state index contributed by atoms with van der Waals surface area (Å²) in [6.07, 6.45) is 0.638. The van der Waals surface area contributed by atoms with Crippen LogP contribution in [0.3, 0.4) is 0 Å². The van der Waals surface area contributed by atoms with E-state index in [9.17, 15) is 28.3 Å². The summed E-state index contributed by atoms with van der Waals surface area (Å²) in [5, 5.41) is 12.6. The van der Waals surface area contributed by atoms with Gasteiger partial charge in [-0.3, -0.25) is 24.1 Å². The Morgan fingerprint density at radius 2 is 1.84 bits per heavy atom. The summed E-state index contributed by atoms with van der Waals surface area (Å²) < 4.78 is 28.6. The second-order valence-electron chi connectivity index (χ2n) is 9.09. The van der Waals surface area contributed by atoms with Crippen LogP contribution in [0.15, 0.2) is 59.5 Å². The predicted molar refractivity (Wildman–Crippen MR) is 134 cm³/mol. The number of carbonyl (C=O) groups excluding carboxylic acids is 2. The molecule has 192 valence electrons. The van der Waals surface area contributed by atoms with Crippen molar-refractivity contribution in [2.75, 3.05) is 36.1 Å². The number of halogens is 2. The number of Topliss-reactive ketones (excluding diaryl/α,β-unsaturated/α-hetero) is 1. The number of piperazine rings is 1. The summed E-state index contributed by atoms with van der Waals surface area (Å²) in [5.41, 5.74) is -0.254. The van der Waals surface area contributed by atoms with E-state index in [1.807, 2.05) is 42.3 Å². The average molecular weight is 509 g/mol. The topological polar surface area (TPSA) is 86.1 Å². The van der Waals surface area contributed by atoms with Crippen molar-refractivity contribution in [3.8, 4) is 5.75 Å². The molecule has 2 aliphatic heterocycles. The lowest BCUT2D eigenvalue weighted by Crippen LogP contribution is -2.69. The highest BCUT2D eigenvalue weighted by Crippen LogP contribution is 2.29. The molecule has 3 heterocycles. The molecule has 0 bridgehead atoms. The molecule has 1 fully saturated rings. The van der Waals surface area contributed by atoms with Crippen molar-refractivity contribution in [3.05, 3.63) is 93.4 Å². The maximum Gasteiger partial charge on any atom is 0.278 e. The molecule has 1 amide bonds. The molecule has 8 nitrogen and oxygen atoms in total. The number of likely N-dealkylation sites (N-methyl/N-ethyl adjacent to an activating group) is 1. The molecular formula is C27H26F2N4O4. The van der Waals surface area contributed by atoms with Crippen molar-refractivity contribution < 1.29 is 23.5 Å². The van der Waals surface area contributed by atoms with Crippen LogP contribution in [0.25, 0.3) is 0 Å². The fourth-order valence-corrected chi connectivity index (χ4v) is 5.06. The number of pyridine rings is 1. The Kier molecular flexibility index (Phi) is 6.41. The lowest BCUT2D eigenvalue weighted by molar-refractivity contribution is 0.0570. The number of fused-ring (bicyclic) bond motifs is 3.